The molecule has 2 aromatic heterocycles. The number of aliphatic imine (C=N–C) groups is 1. The zero-order valence-electron chi connectivity index (χ0n) is 9.20. The molecule has 0 radical (unpaired) electrons. The van der Waals surface area contributed by atoms with Crippen molar-refractivity contribution in [3.8, 4) is 0 Å². The van der Waals surface area contributed by atoms with Crippen molar-refractivity contribution in [3.05, 3.63) is 35.8 Å². The molecule has 0 aliphatic carbocycles. The molecule has 3 nitrogen and oxygen atoms in total. The lowest BCUT2D eigenvalue weighted by molar-refractivity contribution is 1.10. The summed E-state index contributed by atoms with van der Waals surface area (Å²) in [6.45, 7) is 2.07. The van der Waals surface area contributed by atoms with E-state index in [1.165, 1.54) is 16.7 Å². The van der Waals surface area contributed by atoms with E-state index < -0.39 is 0 Å². The first-order chi connectivity index (χ1) is 7.86. The molecule has 3 heterocycles. The number of hydrogen-bond donors (Lipinski definition) is 1. The summed E-state index contributed by atoms with van der Waals surface area (Å²) in [6, 6.07) is 2.06. The number of pyridine rings is 1. The van der Waals surface area contributed by atoms with Crippen molar-refractivity contribution in [2.75, 3.05) is 0 Å². The van der Waals surface area contributed by atoms with E-state index in [0.29, 0.717) is 0 Å². The molecule has 0 unspecified atom stereocenters. The standard InChI is InChI=1S/C13H13N3/c1-9-7-16-13-11(4-6-15-12(9)13)10-3-2-5-14-8-10/h4-8,16H,2-3H2,1H3. The molecule has 0 atom stereocenters. The van der Waals surface area contributed by atoms with Gasteiger partial charge in [-0.05, 0) is 37.0 Å². The topological polar surface area (TPSA) is 41.0 Å². The van der Waals surface area contributed by atoms with E-state index in [4.69, 9.17) is 0 Å². The zero-order valence-corrected chi connectivity index (χ0v) is 9.20. The molecule has 16 heavy (non-hydrogen) atoms. The largest absolute Gasteiger partial charge is 0.359 e. The van der Waals surface area contributed by atoms with Gasteiger partial charge in [0.25, 0.3) is 0 Å². The van der Waals surface area contributed by atoms with Crippen molar-refractivity contribution >= 4 is 22.8 Å². The number of nitrogens with zero attached hydrogens (tertiary/aromatic N) is 2. The lowest BCUT2D eigenvalue weighted by atomic mass is 10.0. The van der Waals surface area contributed by atoms with Crippen LogP contribution in [0.4, 0.5) is 0 Å². The molecule has 3 rings (SSSR count). The first kappa shape index (κ1) is 9.33. The van der Waals surface area contributed by atoms with E-state index >= 15 is 0 Å². The average Bonchev–Trinajstić information content (AvgIpc) is 2.73. The third-order valence-corrected chi connectivity index (χ3v) is 2.98. The van der Waals surface area contributed by atoms with Gasteiger partial charge in [-0.2, -0.15) is 0 Å². The van der Waals surface area contributed by atoms with E-state index in [1.807, 2.05) is 24.8 Å². The fourth-order valence-electron chi connectivity index (χ4n) is 2.13. The smallest absolute Gasteiger partial charge is 0.0914 e. The van der Waals surface area contributed by atoms with Crippen LogP contribution in [0, 0.1) is 6.92 Å². The minimum Gasteiger partial charge on any atom is -0.359 e. The van der Waals surface area contributed by atoms with Gasteiger partial charge in [-0.1, -0.05) is 0 Å². The Hall–Kier alpha value is -1.90. The number of aryl methyl sites for hydroxylation is 1. The minimum absolute atomic E-state index is 1.02. The van der Waals surface area contributed by atoms with Crippen LogP contribution in [0.1, 0.15) is 24.0 Å². The van der Waals surface area contributed by atoms with Gasteiger partial charge in [-0.25, -0.2) is 0 Å². The summed E-state index contributed by atoms with van der Waals surface area (Å²) >= 11 is 0. The molecular formula is C13H13N3. The third kappa shape index (κ3) is 1.36. The fourth-order valence-corrected chi connectivity index (χ4v) is 2.13. The molecule has 3 heteroatoms. The SMILES string of the molecule is Cc1c[nH]c2c(C3=CN=CCC3)ccnc12. The van der Waals surface area contributed by atoms with Gasteiger partial charge in [-0.3, -0.25) is 9.98 Å². The Balaban J connectivity index is 2.23. The van der Waals surface area contributed by atoms with Gasteiger partial charge in [0.15, 0.2) is 0 Å². The second-order valence-electron chi connectivity index (χ2n) is 4.08. The van der Waals surface area contributed by atoms with E-state index in [0.717, 1.165) is 23.9 Å². The lowest BCUT2D eigenvalue weighted by Gasteiger charge is -2.09. The van der Waals surface area contributed by atoms with Crippen LogP contribution in [0.3, 0.4) is 0 Å². The van der Waals surface area contributed by atoms with Gasteiger partial charge in [0.2, 0.25) is 0 Å². The predicted molar refractivity (Wildman–Crippen MR) is 66.5 cm³/mol. The highest BCUT2D eigenvalue weighted by Crippen LogP contribution is 2.28. The number of aromatic nitrogens is 2. The summed E-state index contributed by atoms with van der Waals surface area (Å²) in [5.74, 6) is 0. The summed E-state index contributed by atoms with van der Waals surface area (Å²) in [7, 11) is 0. The minimum atomic E-state index is 1.02. The maximum atomic E-state index is 4.40. The van der Waals surface area contributed by atoms with Crippen LogP contribution in [-0.4, -0.2) is 16.2 Å². The van der Waals surface area contributed by atoms with Gasteiger partial charge in [0, 0.05) is 30.4 Å². The van der Waals surface area contributed by atoms with Crippen LogP contribution in [0.2, 0.25) is 0 Å². The number of hydrogen-bond acceptors (Lipinski definition) is 2. The molecule has 1 N–H and O–H groups in total. The highest BCUT2D eigenvalue weighted by molar-refractivity contribution is 5.91. The monoisotopic (exact) mass is 211 g/mol. The first-order valence-corrected chi connectivity index (χ1v) is 5.50. The van der Waals surface area contributed by atoms with E-state index in [2.05, 4.69) is 28.0 Å². The molecule has 1 aliphatic rings. The summed E-state index contributed by atoms with van der Waals surface area (Å²) in [5, 5.41) is 0. The zero-order chi connectivity index (χ0) is 11.0. The Labute approximate surface area is 93.9 Å². The number of H-pyrrole nitrogens is 1. The molecule has 0 spiro atoms. The maximum absolute atomic E-state index is 4.40. The number of rotatable bonds is 1. The second kappa shape index (κ2) is 3.59. The number of fused-ring (bicyclic) bond motifs is 1. The van der Waals surface area contributed by atoms with Crippen molar-refractivity contribution in [1.29, 1.82) is 0 Å². The summed E-state index contributed by atoms with van der Waals surface area (Å²) in [4.78, 5) is 11.9. The van der Waals surface area contributed by atoms with Crippen LogP contribution < -0.4 is 0 Å². The molecular weight excluding hydrogens is 198 g/mol. The predicted octanol–water partition coefficient (Wildman–Crippen LogP) is 3.08. The lowest BCUT2D eigenvalue weighted by Crippen LogP contribution is -1.92. The molecule has 0 saturated heterocycles. The highest BCUT2D eigenvalue weighted by Gasteiger charge is 2.10. The normalized spacial score (nSPS) is 15.4. The van der Waals surface area contributed by atoms with Crippen LogP contribution in [0.5, 0.6) is 0 Å². The third-order valence-electron chi connectivity index (χ3n) is 2.98. The number of aromatic amines is 1. The van der Waals surface area contributed by atoms with Crippen LogP contribution in [0.25, 0.3) is 16.6 Å². The van der Waals surface area contributed by atoms with Gasteiger partial charge in [-0.15, -0.1) is 0 Å². The van der Waals surface area contributed by atoms with Crippen LogP contribution in [-0.2, 0) is 0 Å². The van der Waals surface area contributed by atoms with Crippen molar-refractivity contribution in [2.45, 2.75) is 19.8 Å². The van der Waals surface area contributed by atoms with Crippen molar-refractivity contribution in [3.63, 3.8) is 0 Å². The van der Waals surface area contributed by atoms with Gasteiger partial charge >= 0.3 is 0 Å². The average molecular weight is 211 g/mol. The van der Waals surface area contributed by atoms with Crippen LogP contribution in [0.15, 0.2) is 29.7 Å². The molecule has 80 valence electrons. The van der Waals surface area contributed by atoms with Crippen molar-refractivity contribution in [1.82, 2.24) is 9.97 Å². The molecule has 0 saturated carbocycles. The number of nitrogens with one attached hydrogen (secondary N) is 1. The molecule has 0 bridgehead atoms. The maximum Gasteiger partial charge on any atom is 0.0914 e. The Morgan fingerprint density at radius 1 is 1.38 bits per heavy atom. The Bertz CT molecular complexity index is 590. The fraction of sp³-hybridized carbons (Fsp3) is 0.231. The molecule has 0 fully saturated rings. The molecule has 0 aromatic carbocycles. The summed E-state index contributed by atoms with van der Waals surface area (Å²) in [6.07, 6.45) is 9.87. The van der Waals surface area contributed by atoms with Crippen LogP contribution >= 0.6 is 0 Å². The Morgan fingerprint density at radius 2 is 2.31 bits per heavy atom. The van der Waals surface area contributed by atoms with E-state index in [9.17, 15) is 0 Å². The summed E-state index contributed by atoms with van der Waals surface area (Å²) < 4.78 is 0. The van der Waals surface area contributed by atoms with Crippen molar-refractivity contribution in [2.24, 2.45) is 4.99 Å². The molecule has 2 aromatic rings. The Kier molecular flexibility index (Phi) is 2.10. The molecule has 1 aliphatic heterocycles. The van der Waals surface area contributed by atoms with Crippen molar-refractivity contribution < 1.29 is 0 Å². The highest BCUT2D eigenvalue weighted by atomic mass is 14.8. The van der Waals surface area contributed by atoms with E-state index in [1.54, 1.807) is 0 Å². The Morgan fingerprint density at radius 3 is 3.12 bits per heavy atom. The second-order valence-corrected chi connectivity index (χ2v) is 4.08. The van der Waals surface area contributed by atoms with Gasteiger partial charge in [0.05, 0.1) is 11.0 Å². The summed E-state index contributed by atoms with van der Waals surface area (Å²) in [5.41, 5.74) is 5.90. The van der Waals surface area contributed by atoms with E-state index in [-0.39, 0.29) is 0 Å². The van der Waals surface area contributed by atoms with Gasteiger partial charge in [0.1, 0.15) is 0 Å². The quantitative estimate of drug-likeness (QED) is 0.773. The van der Waals surface area contributed by atoms with Gasteiger partial charge < -0.3 is 4.98 Å². The molecule has 0 amide bonds. The first-order valence-electron chi connectivity index (χ1n) is 5.50. The number of allylic oxidation sites excluding steroid dienone is 1.